The quantitative estimate of drug-likeness (QED) is 0.802. The molecule has 1 N–H and O–H groups in total. The molecule has 0 fully saturated rings. The molecule has 0 unspecified atom stereocenters. The summed E-state index contributed by atoms with van der Waals surface area (Å²) in [5.74, 6) is 1.65. The Morgan fingerprint density at radius 1 is 1.41 bits per heavy atom. The van der Waals surface area contributed by atoms with Crippen molar-refractivity contribution < 1.29 is 4.42 Å². The first-order chi connectivity index (χ1) is 8.31. The van der Waals surface area contributed by atoms with Crippen LogP contribution >= 0.6 is 11.3 Å². The van der Waals surface area contributed by atoms with Crippen molar-refractivity contribution in [3.05, 3.63) is 23.3 Å². The van der Waals surface area contributed by atoms with Gasteiger partial charge in [-0.1, -0.05) is 6.92 Å². The lowest BCUT2D eigenvalue weighted by Crippen LogP contribution is -2.14. The van der Waals surface area contributed by atoms with E-state index >= 15 is 0 Å². The molecular weight excluding hydrogens is 234 g/mol. The van der Waals surface area contributed by atoms with Gasteiger partial charge in [-0.15, -0.1) is 11.3 Å². The summed E-state index contributed by atoms with van der Waals surface area (Å²) in [4.78, 5) is 9.58. The maximum absolute atomic E-state index is 5.72. The molecule has 0 aliphatic carbocycles. The van der Waals surface area contributed by atoms with Crippen LogP contribution in [0.25, 0.3) is 10.6 Å². The first-order valence-electron chi connectivity index (χ1n) is 5.87. The molecule has 0 aliphatic rings. The molecule has 0 radical (unpaired) electrons. The van der Waals surface area contributed by atoms with Crippen LogP contribution in [0.5, 0.6) is 0 Å². The van der Waals surface area contributed by atoms with Gasteiger partial charge in [0.05, 0.1) is 22.3 Å². The van der Waals surface area contributed by atoms with Crippen molar-refractivity contribution in [1.29, 1.82) is 0 Å². The first-order valence-corrected chi connectivity index (χ1v) is 6.75. The van der Waals surface area contributed by atoms with Gasteiger partial charge in [-0.2, -0.15) is 0 Å². The molecule has 0 aliphatic heterocycles. The van der Waals surface area contributed by atoms with E-state index in [1.54, 1.807) is 17.5 Å². The van der Waals surface area contributed by atoms with Crippen molar-refractivity contribution in [3.8, 4) is 10.6 Å². The number of oxazole rings is 1. The van der Waals surface area contributed by atoms with E-state index in [0.717, 1.165) is 48.2 Å². The Morgan fingerprint density at radius 2 is 2.29 bits per heavy atom. The first kappa shape index (κ1) is 12.3. The Morgan fingerprint density at radius 3 is 3.00 bits per heavy atom. The standard InChI is InChI=1S/C12H17N3OS/c1-3-13-6-4-5-11-14-7-10(16-11)12-9(2)15-8-17-12/h7-8,13H,3-6H2,1-2H3. The van der Waals surface area contributed by atoms with E-state index < -0.39 is 0 Å². The molecule has 0 amide bonds. The van der Waals surface area contributed by atoms with Crippen LogP contribution in [0.1, 0.15) is 24.9 Å². The van der Waals surface area contributed by atoms with Gasteiger partial charge in [0.15, 0.2) is 11.7 Å². The molecule has 2 rings (SSSR count). The number of hydrogen-bond acceptors (Lipinski definition) is 5. The molecule has 92 valence electrons. The maximum atomic E-state index is 5.72. The molecule has 2 aromatic rings. The zero-order valence-corrected chi connectivity index (χ0v) is 11.0. The Kier molecular flexibility index (Phi) is 4.28. The van der Waals surface area contributed by atoms with E-state index in [1.165, 1.54) is 0 Å². The molecule has 0 saturated carbocycles. The van der Waals surface area contributed by atoms with Crippen LogP contribution in [0.3, 0.4) is 0 Å². The van der Waals surface area contributed by atoms with E-state index in [1.807, 2.05) is 12.4 Å². The van der Waals surface area contributed by atoms with Crippen molar-refractivity contribution >= 4 is 11.3 Å². The molecule has 5 heteroatoms. The van der Waals surface area contributed by atoms with Crippen LogP contribution in [0.15, 0.2) is 16.1 Å². The zero-order valence-electron chi connectivity index (χ0n) is 10.2. The lowest BCUT2D eigenvalue weighted by Gasteiger charge is -1.98. The van der Waals surface area contributed by atoms with Gasteiger partial charge in [0.1, 0.15) is 0 Å². The highest BCUT2D eigenvalue weighted by molar-refractivity contribution is 7.13. The second-order valence-electron chi connectivity index (χ2n) is 3.84. The second-order valence-corrected chi connectivity index (χ2v) is 4.70. The Bertz CT molecular complexity index is 464. The van der Waals surface area contributed by atoms with Crippen LogP contribution in [0, 0.1) is 6.92 Å². The lowest BCUT2D eigenvalue weighted by molar-refractivity contribution is 0.493. The molecule has 2 heterocycles. The number of rotatable bonds is 6. The Balaban J connectivity index is 1.95. The summed E-state index contributed by atoms with van der Waals surface area (Å²) < 4.78 is 5.72. The predicted octanol–water partition coefficient (Wildman–Crippen LogP) is 2.65. The summed E-state index contributed by atoms with van der Waals surface area (Å²) in [6, 6.07) is 0. The number of thiazole rings is 1. The second kappa shape index (κ2) is 5.93. The van der Waals surface area contributed by atoms with E-state index in [-0.39, 0.29) is 0 Å². The zero-order chi connectivity index (χ0) is 12.1. The summed E-state index contributed by atoms with van der Waals surface area (Å²) >= 11 is 1.59. The van der Waals surface area contributed by atoms with Gasteiger partial charge in [-0.05, 0) is 26.4 Å². The molecular formula is C12H17N3OS. The van der Waals surface area contributed by atoms with Gasteiger partial charge in [-0.3, -0.25) is 0 Å². The summed E-state index contributed by atoms with van der Waals surface area (Å²) in [6.45, 7) is 6.11. The van der Waals surface area contributed by atoms with Crippen molar-refractivity contribution in [2.24, 2.45) is 0 Å². The summed E-state index contributed by atoms with van der Waals surface area (Å²) in [6.07, 6.45) is 3.73. The van der Waals surface area contributed by atoms with Gasteiger partial charge in [0.25, 0.3) is 0 Å². The van der Waals surface area contributed by atoms with Crippen LogP contribution < -0.4 is 5.32 Å². The molecule has 2 aromatic heterocycles. The van der Waals surface area contributed by atoms with Crippen LogP contribution in [-0.4, -0.2) is 23.1 Å². The number of aryl methyl sites for hydroxylation is 2. The lowest BCUT2D eigenvalue weighted by atomic mass is 10.3. The number of nitrogens with one attached hydrogen (secondary N) is 1. The Hall–Kier alpha value is -1.20. The number of hydrogen-bond donors (Lipinski definition) is 1. The molecule has 4 nitrogen and oxygen atoms in total. The van der Waals surface area contributed by atoms with Crippen molar-refractivity contribution in [2.45, 2.75) is 26.7 Å². The fourth-order valence-electron chi connectivity index (χ4n) is 1.61. The number of nitrogens with zero attached hydrogens (tertiary/aromatic N) is 2. The Labute approximate surface area is 105 Å². The third kappa shape index (κ3) is 3.14. The van der Waals surface area contributed by atoms with Crippen molar-refractivity contribution in [1.82, 2.24) is 15.3 Å². The molecule has 0 bridgehead atoms. The molecule has 17 heavy (non-hydrogen) atoms. The maximum Gasteiger partial charge on any atom is 0.194 e. The van der Waals surface area contributed by atoms with Crippen LogP contribution in [0.2, 0.25) is 0 Å². The monoisotopic (exact) mass is 251 g/mol. The van der Waals surface area contributed by atoms with E-state index in [4.69, 9.17) is 4.42 Å². The molecule has 0 aromatic carbocycles. The normalized spacial score (nSPS) is 10.9. The van der Waals surface area contributed by atoms with E-state index in [2.05, 4.69) is 22.2 Å². The highest BCUT2D eigenvalue weighted by Gasteiger charge is 2.10. The van der Waals surface area contributed by atoms with Crippen molar-refractivity contribution in [2.75, 3.05) is 13.1 Å². The van der Waals surface area contributed by atoms with Crippen LogP contribution in [-0.2, 0) is 6.42 Å². The SMILES string of the molecule is CCNCCCc1ncc(-c2scnc2C)o1. The molecule has 0 atom stereocenters. The van der Waals surface area contributed by atoms with Gasteiger partial charge >= 0.3 is 0 Å². The minimum Gasteiger partial charge on any atom is -0.440 e. The third-order valence-electron chi connectivity index (χ3n) is 2.52. The fourth-order valence-corrected chi connectivity index (χ4v) is 2.36. The molecule has 0 saturated heterocycles. The van der Waals surface area contributed by atoms with E-state index in [0.29, 0.717) is 0 Å². The topological polar surface area (TPSA) is 51.0 Å². The number of aromatic nitrogens is 2. The largest absolute Gasteiger partial charge is 0.440 e. The highest BCUT2D eigenvalue weighted by atomic mass is 32.1. The summed E-state index contributed by atoms with van der Waals surface area (Å²) in [5, 5.41) is 3.28. The van der Waals surface area contributed by atoms with E-state index in [9.17, 15) is 0 Å². The third-order valence-corrected chi connectivity index (χ3v) is 3.46. The summed E-state index contributed by atoms with van der Waals surface area (Å²) in [5.41, 5.74) is 2.84. The van der Waals surface area contributed by atoms with Gasteiger partial charge < -0.3 is 9.73 Å². The van der Waals surface area contributed by atoms with Gasteiger partial charge in [0.2, 0.25) is 0 Å². The minimum atomic E-state index is 0.811. The summed E-state index contributed by atoms with van der Waals surface area (Å²) in [7, 11) is 0. The predicted molar refractivity (Wildman–Crippen MR) is 69.2 cm³/mol. The average Bonchev–Trinajstić information content (AvgIpc) is 2.93. The smallest absolute Gasteiger partial charge is 0.194 e. The fraction of sp³-hybridized carbons (Fsp3) is 0.500. The van der Waals surface area contributed by atoms with Crippen molar-refractivity contribution in [3.63, 3.8) is 0 Å². The highest BCUT2D eigenvalue weighted by Crippen LogP contribution is 2.27. The van der Waals surface area contributed by atoms with Crippen LogP contribution in [0.4, 0.5) is 0 Å². The average molecular weight is 251 g/mol. The van der Waals surface area contributed by atoms with Gasteiger partial charge in [-0.25, -0.2) is 9.97 Å². The molecule has 0 spiro atoms. The minimum absolute atomic E-state index is 0.811. The van der Waals surface area contributed by atoms with Gasteiger partial charge in [0, 0.05) is 6.42 Å².